The van der Waals surface area contributed by atoms with Crippen LogP contribution in [0.3, 0.4) is 0 Å². The van der Waals surface area contributed by atoms with Gasteiger partial charge in [-0.3, -0.25) is 0 Å². The van der Waals surface area contributed by atoms with Crippen LogP contribution in [0.1, 0.15) is 25.6 Å². The second kappa shape index (κ2) is 5.82. The maximum absolute atomic E-state index is 5.76. The smallest absolute Gasteiger partial charge is 0.218 e. The molecule has 5 heteroatoms. The molecular weight excluding hydrogens is 228 g/mol. The van der Waals surface area contributed by atoms with Crippen LogP contribution in [0.15, 0.2) is 18.2 Å². The van der Waals surface area contributed by atoms with Crippen molar-refractivity contribution >= 4 is 5.82 Å². The van der Waals surface area contributed by atoms with Gasteiger partial charge in [-0.15, -0.1) is 0 Å². The number of anilines is 1. The third-order valence-corrected chi connectivity index (χ3v) is 3.33. The van der Waals surface area contributed by atoms with Gasteiger partial charge in [-0.05, 0) is 31.6 Å². The highest BCUT2D eigenvalue weighted by Gasteiger charge is 2.19. The number of hydrogen-bond acceptors (Lipinski definition) is 5. The molecule has 0 bridgehead atoms. The van der Waals surface area contributed by atoms with Crippen molar-refractivity contribution in [3.8, 4) is 5.88 Å². The summed E-state index contributed by atoms with van der Waals surface area (Å²) in [5.41, 5.74) is 2.51. The van der Waals surface area contributed by atoms with Crippen molar-refractivity contribution in [1.29, 1.82) is 0 Å². The zero-order chi connectivity index (χ0) is 13.0. The van der Waals surface area contributed by atoms with Gasteiger partial charge in [0.15, 0.2) is 0 Å². The summed E-state index contributed by atoms with van der Waals surface area (Å²) in [6, 6.07) is 1.72. The molecule has 1 aromatic heterocycles. The summed E-state index contributed by atoms with van der Waals surface area (Å²) in [7, 11) is 0. The highest BCUT2D eigenvalue weighted by atomic mass is 16.5. The minimum Gasteiger partial charge on any atom is -0.477 e. The van der Waals surface area contributed by atoms with E-state index in [4.69, 9.17) is 10.6 Å². The van der Waals surface area contributed by atoms with E-state index in [-0.39, 0.29) is 0 Å². The van der Waals surface area contributed by atoms with E-state index in [2.05, 4.69) is 34.5 Å². The first-order valence-electron chi connectivity index (χ1n) is 6.29. The van der Waals surface area contributed by atoms with Gasteiger partial charge in [-0.1, -0.05) is 19.1 Å². The number of nitrogens with two attached hydrogens (primary N) is 1. The van der Waals surface area contributed by atoms with Gasteiger partial charge < -0.3 is 10.2 Å². The van der Waals surface area contributed by atoms with E-state index in [1.54, 1.807) is 6.07 Å². The minimum absolute atomic E-state index is 0.555. The van der Waals surface area contributed by atoms with Crippen LogP contribution < -0.4 is 16.0 Å². The number of allylic oxidation sites excluding steroid dienone is 2. The van der Waals surface area contributed by atoms with Gasteiger partial charge in [-0.25, -0.2) is 10.8 Å². The predicted octanol–water partition coefficient (Wildman–Crippen LogP) is 2.05. The van der Waals surface area contributed by atoms with Crippen molar-refractivity contribution in [3.63, 3.8) is 0 Å². The molecule has 0 fully saturated rings. The van der Waals surface area contributed by atoms with Crippen LogP contribution in [0, 0.1) is 18.8 Å². The summed E-state index contributed by atoms with van der Waals surface area (Å²) in [4.78, 5) is 8.37. The molecule has 1 aliphatic carbocycles. The molecule has 1 heterocycles. The Labute approximate surface area is 107 Å². The van der Waals surface area contributed by atoms with Crippen molar-refractivity contribution in [1.82, 2.24) is 9.97 Å². The zero-order valence-electron chi connectivity index (χ0n) is 10.9. The molecule has 2 unspecified atom stereocenters. The Bertz CT molecular complexity index is 433. The third kappa shape index (κ3) is 3.20. The number of hydrazine groups is 1. The highest BCUT2D eigenvalue weighted by Crippen LogP contribution is 2.25. The van der Waals surface area contributed by atoms with Gasteiger partial charge in [0, 0.05) is 6.07 Å². The van der Waals surface area contributed by atoms with Gasteiger partial charge in [0.2, 0.25) is 5.88 Å². The summed E-state index contributed by atoms with van der Waals surface area (Å²) in [6.07, 6.45) is 6.68. The fourth-order valence-electron chi connectivity index (χ4n) is 2.12. The summed E-state index contributed by atoms with van der Waals surface area (Å²) < 4.78 is 5.76. The zero-order valence-corrected chi connectivity index (χ0v) is 10.9. The first-order valence-corrected chi connectivity index (χ1v) is 6.29. The predicted molar refractivity (Wildman–Crippen MR) is 71.1 cm³/mol. The average molecular weight is 248 g/mol. The van der Waals surface area contributed by atoms with E-state index < -0.39 is 0 Å². The lowest BCUT2D eigenvalue weighted by Gasteiger charge is -2.24. The molecule has 1 aromatic rings. The average Bonchev–Trinajstić information content (AvgIpc) is 2.37. The highest BCUT2D eigenvalue weighted by molar-refractivity contribution is 5.36. The van der Waals surface area contributed by atoms with Gasteiger partial charge in [0.25, 0.3) is 0 Å². The van der Waals surface area contributed by atoms with Crippen LogP contribution in [0.4, 0.5) is 5.82 Å². The molecule has 0 spiro atoms. The van der Waals surface area contributed by atoms with Crippen molar-refractivity contribution < 1.29 is 4.74 Å². The molecule has 1 aliphatic rings. The van der Waals surface area contributed by atoms with E-state index in [0.717, 1.165) is 12.8 Å². The van der Waals surface area contributed by atoms with Crippen LogP contribution >= 0.6 is 0 Å². The van der Waals surface area contributed by atoms with Crippen molar-refractivity contribution in [2.24, 2.45) is 17.7 Å². The summed E-state index contributed by atoms with van der Waals surface area (Å²) >= 11 is 0. The lowest BCUT2D eigenvalue weighted by atomic mass is 9.85. The molecule has 2 atom stereocenters. The van der Waals surface area contributed by atoms with Crippen LogP contribution in [0.5, 0.6) is 5.88 Å². The molecule has 0 aromatic carbocycles. The quantitative estimate of drug-likeness (QED) is 0.484. The number of nitrogens with zero attached hydrogens (tertiary/aromatic N) is 2. The molecule has 3 N–H and O–H groups in total. The molecule has 0 radical (unpaired) electrons. The van der Waals surface area contributed by atoms with Gasteiger partial charge in [0.05, 0.1) is 6.61 Å². The van der Waals surface area contributed by atoms with Crippen molar-refractivity contribution in [2.45, 2.75) is 26.7 Å². The molecule has 0 saturated heterocycles. The van der Waals surface area contributed by atoms with Crippen LogP contribution in [-0.2, 0) is 0 Å². The second-order valence-corrected chi connectivity index (χ2v) is 4.77. The number of hydrogen-bond donors (Lipinski definition) is 2. The Morgan fingerprint density at radius 2 is 2.17 bits per heavy atom. The van der Waals surface area contributed by atoms with E-state index in [0.29, 0.717) is 36.0 Å². The van der Waals surface area contributed by atoms with Gasteiger partial charge in [-0.2, -0.15) is 4.98 Å². The molecule has 0 saturated carbocycles. The van der Waals surface area contributed by atoms with E-state index >= 15 is 0 Å². The van der Waals surface area contributed by atoms with E-state index in [9.17, 15) is 0 Å². The third-order valence-electron chi connectivity index (χ3n) is 3.33. The summed E-state index contributed by atoms with van der Waals surface area (Å²) in [5, 5.41) is 0. The number of rotatable bonds is 4. The Morgan fingerprint density at radius 3 is 2.89 bits per heavy atom. The Morgan fingerprint density at radius 1 is 1.39 bits per heavy atom. The number of nitrogen functional groups attached to an aromatic ring is 1. The maximum atomic E-state index is 5.76. The number of ether oxygens (including phenoxy) is 1. The number of nitrogens with one attached hydrogen (secondary N) is 1. The largest absolute Gasteiger partial charge is 0.477 e. The Kier molecular flexibility index (Phi) is 4.15. The van der Waals surface area contributed by atoms with Crippen molar-refractivity contribution in [3.05, 3.63) is 24.0 Å². The van der Waals surface area contributed by atoms with Gasteiger partial charge >= 0.3 is 0 Å². The molecule has 2 rings (SSSR count). The summed E-state index contributed by atoms with van der Waals surface area (Å²) in [5.74, 6) is 8.36. The van der Waals surface area contributed by atoms with Gasteiger partial charge in [0.1, 0.15) is 11.6 Å². The molecule has 0 aliphatic heterocycles. The molecule has 18 heavy (non-hydrogen) atoms. The fourth-order valence-corrected chi connectivity index (χ4v) is 2.12. The molecular formula is C13H20N4O. The Hall–Kier alpha value is -1.62. The van der Waals surface area contributed by atoms with Crippen LogP contribution in [0.25, 0.3) is 0 Å². The van der Waals surface area contributed by atoms with E-state index in [1.807, 2.05) is 6.92 Å². The first-order chi connectivity index (χ1) is 8.69. The fraction of sp³-hybridized carbons (Fsp3) is 0.538. The SMILES string of the molecule is Cc1nc(NN)cc(OCC2CC=CCC2C)n1. The van der Waals surface area contributed by atoms with Crippen LogP contribution in [0.2, 0.25) is 0 Å². The number of aromatic nitrogens is 2. The standard InChI is InChI=1S/C13H20N4O/c1-9-5-3-4-6-11(9)8-18-13-7-12(17-14)15-10(2)16-13/h3-4,7,9,11H,5-6,8,14H2,1-2H3,(H,15,16,17). The van der Waals surface area contributed by atoms with E-state index in [1.165, 1.54) is 0 Å². The monoisotopic (exact) mass is 248 g/mol. The summed E-state index contributed by atoms with van der Waals surface area (Å²) in [6.45, 7) is 4.77. The minimum atomic E-state index is 0.555. The Balaban J connectivity index is 1.97. The topological polar surface area (TPSA) is 73.1 Å². The first kappa shape index (κ1) is 12.8. The number of aryl methyl sites for hydroxylation is 1. The maximum Gasteiger partial charge on any atom is 0.218 e. The lowest BCUT2D eigenvalue weighted by Crippen LogP contribution is -2.21. The molecule has 5 nitrogen and oxygen atoms in total. The van der Waals surface area contributed by atoms with Crippen LogP contribution in [-0.4, -0.2) is 16.6 Å². The lowest BCUT2D eigenvalue weighted by molar-refractivity contribution is 0.192. The normalized spacial score (nSPS) is 22.8. The molecule has 98 valence electrons. The van der Waals surface area contributed by atoms with Crippen molar-refractivity contribution in [2.75, 3.05) is 12.0 Å². The molecule has 0 amide bonds. The second-order valence-electron chi connectivity index (χ2n) is 4.77.